The van der Waals surface area contributed by atoms with Crippen molar-refractivity contribution in [1.82, 2.24) is 23.9 Å². The van der Waals surface area contributed by atoms with E-state index in [0.29, 0.717) is 5.69 Å². The lowest BCUT2D eigenvalue weighted by atomic mass is 10.1. The largest absolute Gasteiger partial charge is 0.399 e. The van der Waals surface area contributed by atoms with E-state index in [1.165, 1.54) is 0 Å². The number of rotatable bonds is 3. The maximum Gasteiger partial charge on any atom is 0.183 e. The lowest BCUT2D eigenvalue weighted by Crippen LogP contribution is -2.04. The van der Waals surface area contributed by atoms with Crippen LogP contribution in [0.2, 0.25) is 0 Å². The number of nitrogens with two attached hydrogens (primary N) is 1. The summed E-state index contributed by atoms with van der Waals surface area (Å²) in [6, 6.07) is 17.7. The highest BCUT2D eigenvalue weighted by Gasteiger charge is 2.15. The highest BCUT2D eigenvalue weighted by atomic mass is 15.2. The molecule has 0 atom stereocenters. The molecule has 130 valence electrons. The van der Waals surface area contributed by atoms with Gasteiger partial charge in [-0.1, -0.05) is 42.5 Å². The normalized spacial score (nSPS) is 11.1. The van der Waals surface area contributed by atoms with Crippen molar-refractivity contribution < 1.29 is 0 Å². The van der Waals surface area contributed by atoms with Crippen LogP contribution in [0, 0.1) is 0 Å². The first-order valence-corrected chi connectivity index (χ1v) is 8.58. The molecule has 0 aliphatic heterocycles. The van der Waals surface area contributed by atoms with Gasteiger partial charge in [0.05, 0.1) is 5.69 Å². The number of aromatic nitrogens is 5. The molecule has 0 saturated heterocycles. The highest BCUT2D eigenvalue weighted by Crippen LogP contribution is 2.26. The molecule has 0 fully saturated rings. The summed E-state index contributed by atoms with van der Waals surface area (Å²) in [6.07, 6.45) is 9.32. The van der Waals surface area contributed by atoms with Crippen molar-refractivity contribution in [2.75, 3.05) is 5.73 Å². The third kappa shape index (κ3) is 2.64. The molecule has 5 rings (SSSR count). The summed E-state index contributed by atoms with van der Waals surface area (Å²) in [5, 5.41) is 0. The Bertz CT molecular complexity index is 1240. The van der Waals surface area contributed by atoms with E-state index in [1.54, 1.807) is 12.4 Å². The Labute approximate surface area is 155 Å². The molecular weight excluding hydrogens is 336 g/mol. The number of anilines is 1. The van der Waals surface area contributed by atoms with E-state index in [-0.39, 0.29) is 0 Å². The summed E-state index contributed by atoms with van der Waals surface area (Å²) in [5.41, 5.74) is 10.2. The molecule has 0 bridgehead atoms. The summed E-state index contributed by atoms with van der Waals surface area (Å²) in [7, 11) is 0. The quantitative estimate of drug-likeness (QED) is 0.501. The predicted molar refractivity (Wildman–Crippen MR) is 105 cm³/mol. The number of hydrogen-bond donors (Lipinski definition) is 1. The molecule has 0 saturated carbocycles. The molecule has 2 aromatic carbocycles. The lowest BCUT2D eigenvalue weighted by molar-refractivity contribution is 0.980. The monoisotopic (exact) mass is 352 g/mol. The van der Waals surface area contributed by atoms with Crippen LogP contribution >= 0.6 is 0 Å². The topological polar surface area (TPSA) is 74.0 Å². The molecule has 6 heteroatoms. The Morgan fingerprint density at radius 2 is 1.63 bits per heavy atom. The smallest absolute Gasteiger partial charge is 0.183 e. The Morgan fingerprint density at radius 1 is 0.815 bits per heavy atom. The third-order valence-corrected chi connectivity index (χ3v) is 4.44. The maximum atomic E-state index is 5.96. The zero-order valence-corrected chi connectivity index (χ0v) is 14.4. The van der Waals surface area contributed by atoms with Gasteiger partial charge in [-0.2, -0.15) is 0 Å². The molecule has 0 aliphatic carbocycles. The average Bonchev–Trinajstić information content (AvgIpc) is 3.37. The van der Waals surface area contributed by atoms with E-state index in [4.69, 9.17) is 10.7 Å². The van der Waals surface area contributed by atoms with Crippen molar-refractivity contribution in [3.63, 3.8) is 0 Å². The van der Waals surface area contributed by atoms with Gasteiger partial charge in [-0.3, -0.25) is 4.57 Å². The summed E-state index contributed by atoms with van der Waals surface area (Å²) in [6.45, 7) is 0. The molecule has 0 spiro atoms. The fourth-order valence-electron chi connectivity index (χ4n) is 3.19. The minimum absolute atomic E-state index is 0.703. The Balaban J connectivity index is 1.75. The number of benzene rings is 2. The maximum absolute atomic E-state index is 5.96. The molecule has 2 N–H and O–H groups in total. The highest BCUT2D eigenvalue weighted by molar-refractivity contribution is 5.69. The predicted octanol–water partition coefficient (Wildman–Crippen LogP) is 3.83. The van der Waals surface area contributed by atoms with Crippen LogP contribution in [0.3, 0.4) is 0 Å². The summed E-state index contributed by atoms with van der Waals surface area (Å²) >= 11 is 0. The van der Waals surface area contributed by atoms with E-state index >= 15 is 0 Å². The van der Waals surface area contributed by atoms with E-state index in [0.717, 1.165) is 34.1 Å². The third-order valence-electron chi connectivity index (χ3n) is 4.44. The van der Waals surface area contributed by atoms with Crippen molar-refractivity contribution in [1.29, 1.82) is 0 Å². The van der Waals surface area contributed by atoms with Gasteiger partial charge < -0.3 is 10.1 Å². The Hall–Kier alpha value is -3.93. The van der Waals surface area contributed by atoms with Gasteiger partial charge in [0.2, 0.25) is 0 Å². The first kappa shape index (κ1) is 15.3. The van der Waals surface area contributed by atoms with Gasteiger partial charge in [0.25, 0.3) is 0 Å². The molecule has 0 unspecified atom stereocenters. The van der Waals surface area contributed by atoms with Crippen molar-refractivity contribution in [2.24, 2.45) is 0 Å². The molecule has 3 aromatic heterocycles. The second-order valence-electron chi connectivity index (χ2n) is 6.22. The molecule has 5 aromatic rings. The second kappa shape index (κ2) is 6.10. The van der Waals surface area contributed by atoms with Crippen LogP contribution in [-0.2, 0) is 0 Å². The van der Waals surface area contributed by atoms with Gasteiger partial charge in [0, 0.05) is 47.8 Å². The molecule has 0 amide bonds. The molecule has 0 radical (unpaired) electrons. The van der Waals surface area contributed by atoms with E-state index in [1.807, 2.05) is 82.2 Å². The molecule has 27 heavy (non-hydrogen) atoms. The van der Waals surface area contributed by atoms with Crippen LogP contribution in [0.1, 0.15) is 0 Å². The van der Waals surface area contributed by atoms with Gasteiger partial charge in [-0.15, -0.1) is 0 Å². The summed E-state index contributed by atoms with van der Waals surface area (Å²) in [5.74, 6) is 1.54. The molecule has 3 heterocycles. The van der Waals surface area contributed by atoms with Gasteiger partial charge in [0.15, 0.2) is 11.5 Å². The fraction of sp³-hybridized carbons (Fsp3) is 0. The fourth-order valence-corrected chi connectivity index (χ4v) is 3.19. The van der Waals surface area contributed by atoms with Crippen molar-refractivity contribution in [3.05, 3.63) is 85.6 Å². The first-order chi connectivity index (χ1) is 13.3. The van der Waals surface area contributed by atoms with Gasteiger partial charge in [0.1, 0.15) is 5.82 Å². The zero-order chi connectivity index (χ0) is 18.2. The lowest BCUT2D eigenvalue weighted by Gasteiger charge is -2.11. The standard InChI is InChI=1S/C21H16N6/c22-17-8-4-7-16(13-17)18-14-26-11-9-24-20(26)21(25-18)27-12-10-23-19(27)15-5-2-1-3-6-15/h1-14H,22H2. The number of imidazole rings is 2. The van der Waals surface area contributed by atoms with Gasteiger partial charge in [-0.25, -0.2) is 15.0 Å². The zero-order valence-electron chi connectivity index (χ0n) is 14.4. The minimum atomic E-state index is 0.703. The van der Waals surface area contributed by atoms with E-state index in [9.17, 15) is 0 Å². The van der Waals surface area contributed by atoms with Crippen LogP contribution in [0.4, 0.5) is 5.69 Å². The second-order valence-corrected chi connectivity index (χ2v) is 6.22. The van der Waals surface area contributed by atoms with Gasteiger partial charge >= 0.3 is 0 Å². The average molecular weight is 352 g/mol. The number of nitrogens with zero attached hydrogens (tertiary/aromatic N) is 5. The van der Waals surface area contributed by atoms with Crippen LogP contribution in [0.5, 0.6) is 0 Å². The molecule has 6 nitrogen and oxygen atoms in total. The summed E-state index contributed by atoms with van der Waals surface area (Å²) < 4.78 is 3.93. The molecule has 0 aliphatic rings. The number of hydrogen-bond acceptors (Lipinski definition) is 4. The minimum Gasteiger partial charge on any atom is -0.399 e. The molecular formula is C21H16N6. The van der Waals surface area contributed by atoms with E-state index in [2.05, 4.69) is 9.97 Å². The van der Waals surface area contributed by atoms with Crippen molar-refractivity contribution >= 4 is 11.3 Å². The summed E-state index contributed by atoms with van der Waals surface area (Å²) in [4.78, 5) is 13.9. The first-order valence-electron chi connectivity index (χ1n) is 8.58. The Morgan fingerprint density at radius 3 is 2.48 bits per heavy atom. The Kier molecular flexibility index (Phi) is 3.47. The van der Waals surface area contributed by atoms with Crippen LogP contribution < -0.4 is 5.73 Å². The van der Waals surface area contributed by atoms with Gasteiger partial charge in [-0.05, 0) is 12.1 Å². The van der Waals surface area contributed by atoms with Crippen LogP contribution in [0.15, 0.2) is 85.6 Å². The van der Waals surface area contributed by atoms with Crippen molar-refractivity contribution in [2.45, 2.75) is 0 Å². The SMILES string of the molecule is Nc1cccc(-c2cn3ccnc3c(-n3ccnc3-c3ccccc3)n2)c1. The van der Waals surface area contributed by atoms with E-state index < -0.39 is 0 Å². The number of fused-ring (bicyclic) bond motifs is 1. The van der Waals surface area contributed by atoms with Crippen molar-refractivity contribution in [3.8, 4) is 28.5 Å². The number of nitrogen functional groups attached to an aromatic ring is 1. The van der Waals surface area contributed by atoms with Crippen LogP contribution in [-0.4, -0.2) is 23.9 Å². The van der Waals surface area contributed by atoms with Crippen LogP contribution in [0.25, 0.3) is 34.1 Å².